The van der Waals surface area contributed by atoms with Gasteiger partial charge in [-0.2, -0.15) is 0 Å². The maximum Gasteiger partial charge on any atom is 0.345 e. The van der Waals surface area contributed by atoms with E-state index in [-0.39, 0.29) is 17.2 Å². The quantitative estimate of drug-likeness (QED) is 0.250. The van der Waals surface area contributed by atoms with Crippen LogP contribution in [0.4, 0.5) is 4.39 Å². The van der Waals surface area contributed by atoms with Crippen LogP contribution in [-0.4, -0.2) is 11.8 Å². The van der Waals surface area contributed by atoms with Gasteiger partial charge in [-0.25, -0.2) is 9.18 Å². The molecule has 0 amide bonds. The normalized spacial score (nSPS) is 10.7. The van der Waals surface area contributed by atoms with E-state index >= 15 is 0 Å². The summed E-state index contributed by atoms with van der Waals surface area (Å²) < 4.78 is 18.1. The van der Waals surface area contributed by atoms with E-state index in [1.807, 2.05) is 0 Å². The molecule has 27 heavy (non-hydrogen) atoms. The van der Waals surface area contributed by atoms with Crippen molar-refractivity contribution < 1.29 is 18.7 Å². The number of ether oxygens (including phenoxy) is 1. The Morgan fingerprint density at radius 1 is 0.889 bits per heavy atom. The number of carbonyl (C=O) groups is 2. The summed E-state index contributed by atoms with van der Waals surface area (Å²) >= 11 is 5.97. The molecule has 0 bridgehead atoms. The van der Waals surface area contributed by atoms with E-state index in [1.165, 1.54) is 30.3 Å². The van der Waals surface area contributed by atoms with Crippen molar-refractivity contribution in [3.05, 3.63) is 106 Å². The first-order valence-corrected chi connectivity index (χ1v) is 8.45. The maximum absolute atomic E-state index is 12.9. The number of esters is 1. The second kappa shape index (κ2) is 8.43. The Morgan fingerprint density at radius 2 is 1.56 bits per heavy atom. The lowest BCUT2D eigenvalue weighted by atomic mass is 10.1. The zero-order chi connectivity index (χ0) is 19.2. The van der Waals surface area contributed by atoms with Gasteiger partial charge in [0.1, 0.15) is 11.6 Å². The van der Waals surface area contributed by atoms with Crippen LogP contribution in [0.3, 0.4) is 0 Å². The summed E-state index contributed by atoms with van der Waals surface area (Å²) in [6, 6.07) is 18.6. The zero-order valence-electron chi connectivity index (χ0n) is 14.1. The minimum Gasteiger partial charge on any atom is -0.423 e. The first kappa shape index (κ1) is 18.5. The van der Waals surface area contributed by atoms with Gasteiger partial charge < -0.3 is 4.74 Å². The van der Waals surface area contributed by atoms with Gasteiger partial charge in [-0.05, 0) is 60.2 Å². The molecule has 0 heterocycles. The third-order valence-electron chi connectivity index (χ3n) is 3.74. The molecule has 0 aliphatic carbocycles. The number of benzene rings is 3. The molecule has 0 radical (unpaired) electrons. The van der Waals surface area contributed by atoms with Crippen molar-refractivity contribution in [2.75, 3.05) is 0 Å². The maximum atomic E-state index is 12.9. The first-order chi connectivity index (χ1) is 13.0. The van der Waals surface area contributed by atoms with Crippen molar-refractivity contribution in [3.63, 3.8) is 0 Å². The highest BCUT2D eigenvalue weighted by Crippen LogP contribution is 2.19. The number of ketones is 1. The highest BCUT2D eigenvalue weighted by Gasteiger charge is 2.12. The molecule has 0 N–H and O–H groups in total. The Kier molecular flexibility index (Phi) is 5.79. The highest BCUT2D eigenvalue weighted by molar-refractivity contribution is 6.33. The molecule has 3 aromatic rings. The third-order valence-corrected chi connectivity index (χ3v) is 4.07. The number of carbonyl (C=O) groups excluding carboxylic acids is 2. The Morgan fingerprint density at radius 3 is 2.22 bits per heavy atom. The average molecular weight is 381 g/mol. The van der Waals surface area contributed by atoms with Crippen molar-refractivity contribution in [2.24, 2.45) is 0 Å². The SMILES string of the molecule is O=C(/C=C/c1ccc(F)cc1)c1ccc(OC(=O)c2ccccc2Cl)cc1. The summed E-state index contributed by atoms with van der Waals surface area (Å²) in [5.74, 6) is -0.821. The lowest BCUT2D eigenvalue weighted by Crippen LogP contribution is -2.09. The Hall–Kier alpha value is -3.24. The van der Waals surface area contributed by atoms with Gasteiger partial charge in [0.05, 0.1) is 10.6 Å². The predicted molar refractivity (Wildman–Crippen MR) is 103 cm³/mol. The Balaban J connectivity index is 1.66. The largest absolute Gasteiger partial charge is 0.423 e. The Labute approximate surface area is 160 Å². The predicted octanol–water partition coefficient (Wildman–Crippen LogP) is 5.59. The summed E-state index contributed by atoms with van der Waals surface area (Å²) in [4.78, 5) is 24.3. The second-order valence-electron chi connectivity index (χ2n) is 5.64. The van der Waals surface area contributed by atoms with Gasteiger partial charge in [0.25, 0.3) is 0 Å². The van der Waals surface area contributed by atoms with Crippen LogP contribution in [-0.2, 0) is 0 Å². The van der Waals surface area contributed by atoms with Crippen LogP contribution >= 0.6 is 11.6 Å². The van der Waals surface area contributed by atoms with Crippen LogP contribution in [0.2, 0.25) is 5.02 Å². The molecular weight excluding hydrogens is 367 g/mol. The van der Waals surface area contributed by atoms with E-state index in [1.54, 1.807) is 54.6 Å². The summed E-state index contributed by atoms with van der Waals surface area (Å²) in [7, 11) is 0. The van der Waals surface area contributed by atoms with Crippen molar-refractivity contribution in [2.45, 2.75) is 0 Å². The number of halogens is 2. The average Bonchev–Trinajstić information content (AvgIpc) is 2.68. The van der Waals surface area contributed by atoms with E-state index < -0.39 is 5.97 Å². The summed E-state index contributed by atoms with van der Waals surface area (Å²) in [6.07, 6.45) is 3.01. The molecule has 5 heteroatoms. The summed E-state index contributed by atoms with van der Waals surface area (Å²) in [6.45, 7) is 0. The third kappa shape index (κ3) is 4.90. The zero-order valence-corrected chi connectivity index (χ0v) is 14.8. The molecule has 3 nitrogen and oxygen atoms in total. The smallest absolute Gasteiger partial charge is 0.345 e. The minimum atomic E-state index is -0.573. The van der Waals surface area contributed by atoms with Gasteiger partial charge in [0.15, 0.2) is 5.78 Å². The molecule has 0 aromatic heterocycles. The fraction of sp³-hybridized carbons (Fsp3) is 0. The number of hydrogen-bond donors (Lipinski definition) is 0. The summed E-state index contributed by atoms with van der Waals surface area (Å²) in [5.41, 5.74) is 1.42. The van der Waals surface area contributed by atoms with E-state index in [0.29, 0.717) is 16.3 Å². The molecule has 0 aliphatic heterocycles. The molecule has 0 spiro atoms. The molecule has 3 rings (SSSR count). The van der Waals surface area contributed by atoms with Gasteiger partial charge >= 0.3 is 5.97 Å². The van der Waals surface area contributed by atoms with Gasteiger partial charge in [-0.3, -0.25) is 4.79 Å². The molecule has 0 saturated heterocycles. The van der Waals surface area contributed by atoms with Crippen molar-refractivity contribution in [1.82, 2.24) is 0 Å². The fourth-order valence-corrected chi connectivity index (χ4v) is 2.53. The monoisotopic (exact) mass is 380 g/mol. The van der Waals surface area contributed by atoms with E-state index in [2.05, 4.69) is 0 Å². The summed E-state index contributed by atoms with van der Waals surface area (Å²) in [5, 5.41) is 0.306. The molecule has 0 aliphatic rings. The van der Waals surface area contributed by atoms with Gasteiger partial charge in [-0.15, -0.1) is 0 Å². The van der Waals surface area contributed by atoms with Crippen molar-refractivity contribution in [1.29, 1.82) is 0 Å². The van der Waals surface area contributed by atoms with E-state index in [9.17, 15) is 14.0 Å². The van der Waals surface area contributed by atoms with Crippen LogP contribution in [0.5, 0.6) is 5.75 Å². The molecule has 0 saturated carbocycles. The molecule has 134 valence electrons. The first-order valence-electron chi connectivity index (χ1n) is 8.08. The standard InChI is InChI=1S/C22H14ClFO3/c23-20-4-2-1-3-19(20)22(26)27-18-12-8-16(9-13-18)21(25)14-7-15-5-10-17(24)11-6-15/h1-14H/b14-7+. The van der Waals surface area contributed by atoms with Crippen LogP contribution in [0, 0.1) is 5.82 Å². The number of allylic oxidation sites excluding steroid dienone is 1. The van der Waals surface area contributed by atoms with Crippen LogP contribution in [0.1, 0.15) is 26.3 Å². The second-order valence-corrected chi connectivity index (χ2v) is 6.05. The molecule has 0 atom stereocenters. The molecule has 0 fully saturated rings. The van der Waals surface area contributed by atoms with Gasteiger partial charge in [-0.1, -0.05) is 41.9 Å². The molecular formula is C22H14ClFO3. The lowest BCUT2D eigenvalue weighted by Gasteiger charge is -2.06. The molecule has 0 unspecified atom stereocenters. The number of rotatable bonds is 5. The van der Waals surface area contributed by atoms with Gasteiger partial charge in [0.2, 0.25) is 0 Å². The van der Waals surface area contributed by atoms with E-state index in [0.717, 1.165) is 5.56 Å². The fourth-order valence-electron chi connectivity index (χ4n) is 2.32. The van der Waals surface area contributed by atoms with E-state index in [4.69, 9.17) is 16.3 Å². The number of hydrogen-bond acceptors (Lipinski definition) is 3. The van der Waals surface area contributed by atoms with Crippen LogP contribution < -0.4 is 4.74 Å². The lowest BCUT2D eigenvalue weighted by molar-refractivity contribution is 0.0735. The van der Waals surface area contributed by atoms with Crippen LogP contribution in [0.25, 0.3) is 6.08 Å². The van der Waals surface area contributed by atoms with Crippen LogP contribution in [0.15, 0.2) is 78.9 Å². The highest BCUT2D eigenvalue weighted by atomic mass is 35.5. The van der Waals surface area contributed by atoms with Crippen molar-refractivity contribution in [3.8, 4) is 5.75 Å². The Bertz CT molecular complexity index is 993. The topological polar surface area (TPSA) is 43.4 Å². The molecule has 3 aromatic carbocycles. The van der Waals surface area contributed by atoms with Gasteiger partial charge in [0, 0.05) is 5.56 Å². The minimum absolute atomic E-state index is 0.219. The van der Waals surface area contributed by atoms with Crippen molar-refractivity contribution >= 4 is 29.4 Å².